The first-order valence-corrected chi connectivity index (χ1v) is 5.62. The van der Waals surface area contributed by atoms with Crippen molar-refractivity contribution < 1.29 is 14.4 Å². The summed E-state index contributed by atoms with van der Waals surface area (Å²) < 4.78 is 0. The standard InChI is InChI=1S/C9H13NO3S/c1-2-7(11)4-3-5-10-8(12)6-14-9(10)13/h2-6H2,1H3. The molecule has 0 saturated carbocycles. The Kier molecular flexibility index (Phi) is 4.13. The Morgan fingerprint density at radius 2 is 2.21 bits per heavy atom. The average Bonchev–Trinajstić information content (AvgIpc) is 2.48. The molecule has 0 spiro atoms. The summed E-state index contributed by atoms with van der Waals surface area (Å²) in [6.07, 6.45) is 1.57. The van der Waals surface area contributed by atoms with E-state index in [0.29, 0.717) is 25.8 Å². The minimum atomic E-state index is -0.182. The van der Waals surface area contributed by atoms with Gasteiger partial charge in [0.2, 0.25) is 5.91 Å². The minimum Gasteiger partial charge on any atom is -0.300 e. The zero-order valence-electron chi connectivity index (χ0n) is 8.12. The SMILES string of the molecule is CCC(=O)CCCN1C(=O)CSC1=O. The topological polar surface area (TPSA) is 54.5 Å². The molecule has 0 aliphatic carbocycles. The highest BCUT2D eigenvalue weighted by atomic mass is 32.2. The largest absolute Gasteiger partial charge is 0.300 e. The van der Waals surface area contributed by atoms with Crippen LogP contribution in [0.5, 0.6) is 0 Å². The van der Waals surface area contributed by atoms with Crippen molar-refractivity contribution in [2.45, 2.75) is 26.2 Å². The predicted molar refractivity (Wildman–Crippen MR) is 54.1 cm³/mol. The Morgan fingerprint density at radius 1 is 1.50 bits per heavy atom. The van der Waals surface area contributed by atoms with Crippen LogP contribution in [-0.2, 0) is 9.59 Å². The second-order valence-corrected chi connectivity index (χ2v) is 4.02. The first kappa shape index (κ1) is 11.2. The molecule has 1 fully saturated rings. The van der Waals surface area contributed by atoms with Gasteiger partial charge in [0, 0.05) is 19.4 Å². The summed E-state index contributed by atoms with van der Waals surface area (Å²) in [7, 11) is 0. The van der Waals surface area contributed by atoms with Gasteiger partial charge in [-0.1, -0.05) is 18.7 Å². The lowest BCUT2D eigenvalue weighted by Crippen LogP contribution is -2.29. The molecule has 0 atom stereocenters. The molecule has 4 nitrogen and oxygen atoms in total. The van der Waals surface area contributed by atoms with E-state index in [1.54, 1.807) is 0 Å². The van der Waals surface area contributed by atoms with Crippen molar-refractivity contribution in [2.24, 2.45) is 0 Å². The van der Waals surface area contributed by atoms with E-state index in [4.69, 9.17) is 0 Å². The summed E-state index contributed by atoms with van der Waals surface area (Å²) in [5.41, 5.74) is 0. The number of rotatable bonds is 5. The smallest absolute Gasteiger partial charge is 0.288 e. The number of hydrogen-bond donors (Lipinski definition) is 0. The highest BCUT2D eigenvalue weighted by Gasteiger charge is 2.29. The van der Waals surface area contributed by atoms with Gasteiger partial charge in [-0.2, -0.15) is 0 Å². The van der Waals surface area contributed by atoms with Crippen molar-refractivity contribution >= 4 is 28.7 Å². The Labute approximate surface area is 87.0 Å². The number of nitrogens with zero attached hydrogens (tertiary/aromatic N) is 1. The number of Topliss-reactive ketones (excluding diaryl/α,β-unsaturated/α-hetero) is 1. The predicted octanol–water partition coefficient (Wildman–Crippen LogP) is 1.44. The lowest BCUT2D eigenvalue weighted by atomic mass is 10.2. The Hall–Kier alpha value is -0.840. The van der Waals surface area contributed by atoms with Gasteiger partial charge in [-0.3, -0.25) is 19.3 Å². The van der Waals surface area contributed by atoms with Gasteiger partial charge in [0.25, 0.3) is 5.24 Å². The minimum absolute atomic E-state index is 0.135. The van der Waals surface area contributed by atoms with E-state index in [9.17, 15) is 14.4 Å². The fourth-order valence-corrected chi connectivity index (χ4v) is 1.96. The fraction of sp³-hybridized carbons (Fsp3) is 0.667. The molecule has 0 unspecified atom stereocenters. The van der Waals surface area contributed by atoms with Crippen LogP contribution in [0.15, 0.2) is 0 Å². The second kappa shape index (κ2) is 5.14. The average molecular weight is 215 g/mol. The van der Waals surface area contributed by atoms with Crippen molar-refractivity contribution in [1.29, 1.82) is 0 Å². The molecular formula is C9H13NO3S. The third-order valence-corrected chi connectivity index (χ3v) is 2.93. The van der Waals surface area contributed by atoms with Gasteiger partial charge in [-0.25, -0.2) is 0 Å². The van der Waals surface area contributed by atoms with Gasteiger partial charge < -0.3 is 0 Å². The summed E-state index contributed by atoms with van der Waals surface area (Å²) in [6.45, 7) is 2.20. The van der Waals surface area contributed by atoms with Gasteiger partial charge in [-0.15, -0.1) is 0 Å². The molecule has 1 aliphatic rings. The molecule has 1 saturated heterocycles. The molecule has 0 aromatic carbocycles. The number of ketones is 1. The van der Waals surface area contributed by atoms with Crippen LogP contribution in [-0.4, -0.2) is 34.1 Å². The zero-order chi connectivity index (χ0) is 10.6. The number of hydrogen-bond acceptors (Lipinski definition) is 4. The Morgan fingerprint density at radius 3 is 2.71 bits per heavy atom. The van der Waals surface area contributed by atoms with Gasteiger partial charge in [0.1, 0.15) is 5.78 Å². The normalized spacial score (nSPS) is 16.5. The van der Waals surface area contributed by atoms with Crippen LogP contribution >= 0.6 is 11.8 Å². The van der Waals surface area contributed by atoms with Crippen LogP contribution in [0.1, 0.15) is 26.2 Å². The van der Waals surface area contributed by atoms with E-state index in [2.05, 4.69) is 0 Å². The van der Waals surface area contributed by atoms with E-state index in [0.717, 1.165) is 11.8 Å². The molecule has 1 heterocycles. The summed E-state index contributed by atoms with van der Waals surface area (Å²) >= 11 is 1.03. The van der Waals surface area contributed by atoms with Crippen molar-refractivity contribution in [3.8, 4) is 0 Å². The quantitative estimate of drug-likeness (QED) is 0.696. The maximum atomic E-state index is 11.1. The maximum absolute atomic E-state index is 11.1. The summed E-state index contributed by atoms with van der Waals surface area (Å²) in [6, 6.07) is 0. The molecule has 2 amide bonds. The first-order valence-electron chi connectivity index (χ1n) is 4.64. The van der Waals surface area contributed by atoms with Crippen LogP contribution in [0.25, 0.3) is 0 Å². The van der Waals surface area contributed by atoms with Crippen LogP contribution in [0.2, 0.25) is 0 Å². The number of imide groups is 1. The lowest BCUT2D eigenvalue weighted by molar-refractivity contribution is -0.125. The van der Waals surface area contributed by atoms with Crippen molar-refractivity contribution in [1.82, 2.24) is 4.90 Å². The maximum Gasteiger partial charge on any atom is 0.288 e. The van der Waals surface area contributed by atoms with E-state index < -0.39 is 0 Å². The van der Waals surface area contributed by atoms with Crippen LogP contribution in [0.3, 0.4) is 0 Å². The number of carbonyl (C=O) groups excluding carboxylic acids is 3. The molecular weight excluding hydrogens is 202 g/mol. The van der Waals surface area contributed by atoms with Crippen molar-refractivity contribution in [3.05, 3.63) is 0 Å². The molecule has 0 aromatic rings. The number of carbonyl (C=O) groups is 3. The van der Waals surface area contributed by atoms with E-state index in [1.165, 1.54) is 4.90 Å². The number of thioether (sulfide) groups is 1. The summed E-state index contributed by atoms with van der Waals surface area (Å²) in [4.78, 5) is 34.4. The molecule has 0 N–H and O–H groups in total. The lowest BCUT2D eigenvalue weighted by Gasteiger charge is -2.11. The van der Waals surface area contributed by atoms with Gasteiger partial charge in [0.05, 0.1) is 5.75 Å². The second-order valence-electron chi connectivity index (χ2n) is 3.10. The summed E-state index contributed by atoms with van der Waals surface area (Å²) in [5, 5.41) is -0.182. The van der Waals surface area contributed by atoms with Gasteiger partial charge in [0.15, 0.2) is 0 Å². The third kappa shape index (κ3) is 2.83. The molecule has 14 heavy (non-hydrogen) atoms. The van der Waals surface area contributed by atoms with Crippen LogP contribution in [0, 0.1) is 0 Å². The third-order valence-electron chi connectivity index (χ3n) is 2.07. The Balaban J connectivity index is 2.27. The molecule has 1 aliphatic heterocycles. The van der Waals surface area contributed by atoms with Crippen LogP contribution in [0.4, 0.5) is 4.79 Å². The fourth-order valence-electron chi connectivity index (χ4n) is 1.21. The van der Waals surface area contributed by atoms with Crippen LogP contribution < -0.4 is 0 Å². The van der Waals surface area contributed by atoms with Crippen molar-refractivity contribution in [2.75, 3.05) is 12.3 Å². The molecule has 78 valence electrons. The molecule has 0 radical (unpaired) electrons. The molecule has 0 aromatic heterocycles. The number of amides is 2. The van der Waals surface area contributed by atoms with E-state index >= 15 is 0 Å². The first-order chi connectivity index (χ1) is 6.65. The van der Waals surface area contributed by atoms with E-state index in [-0.39, 0.29) is 22.7 Å². The zero-order valence-corrected chi connectivity index (χ0v) is 8.93. The highest BCUT2D eigenvalue weighted by Crippen LogP contribution is 2.18. The Bertz CT molecular complexity index is 249. The summed E-state index contributed by atoms with van der Waals surface area (Å²) in [5.74, 6) is 0.293. The van der Waals surface area contributed by atoms with Gasteiger partial charge in [-0.05, 0) is 6.42 Å². The van der Waals surface area contributed by atoms with Crippen molar-refractivity contribution in [3.63, 3.8) is 0 Å². The molecule has 1 rings (SSSR count). The highest BCUT2D eigenvalue weighted by molar-refractivity contribution is 8.14. The molecule has 0 bridgehead atoms. The molecule has 5 heteroatoms. The van der Waals surface area contributed by atoms with E-state index in [1.807, 2.05) is 6.92 Å². The van der Waals surface area contributed by atoms with Gasteiger partial charge >= 0.3 is 0 Å². The monoisotopic (exact) mass is 215 g/mol.